The van der Waals surface area contributed by atoms with Gasteiger partial charge in [0.15, 0.2) is 11.5 Å². The highest BCUT2D eigenvalue weighted by Crippen LogP contribution is 2.58. The van der Waals surface area contributed by atoms with E-state index in [4.69, 9.17) is 9.47 Å². The number of nitrogens with one attached hydrogen (secondary N) is 2. The van der Waals surface area contributed by atoms with Crippen LogP contribution >= 0.6 is 12.4 Å². The van der Waals surface area contributed by atoms with Crippen LogP contribution in [0.25, 0.3) is 0 Å². The first-order valence-electron chi connectivity index (χ1n) is 10.4. The number of hydrogen-bond acceptors (Lipinski definition) is 4. The summed E-state index contributed by atoms with van der Waals surface area (Å²) in [7, 11) is 0. The molecule has 2 aliphatic rings. The van der Waals surface area contributed by atoms with Crippen molar-refractivity contribution in [2.24, 2.45) is 17.3 Å². The Morgan fingerprint density at radius 2 is 1.82 bits per heavy atom. The van der Waals surface area contributed by atoms with E-state index in [0.717, 1.165) is 49.4 Å². The van der Waals surface area contributed by atoms with Crippen LogP contribution in [-0.4, -0.2) is 32.2 Å². The van der Waals surface area contributed by atoms with Crippen molar-refractivity contribution in [1.29, 1.82) is 0 Å². The normalized spacial score (nSPS) is 21.0. The maximum Gasteiger partial charge on any atom is 0.224 e. The molecule has 158 valence electrons. The quantitative estimate of drug-likeness (QED) is 0.677. The Bertz CT molecular complexity index is 659. The highest BCUT2D eigenvalue weighted by molar-refractivity contribution is 5.85. The van der Waals surface area contributed by atoms with Gasteiger partial charge in [-0.15, -0.1) is 12.4 Å². The number of hydrogen-bond donors (Lipinski definition) is 2. The predicted octanol–water partition coefficient (Wildman–Crippen LogP) is 4.11. The zero-order valence-electron chi connectivity index (χ0n) is 17.5. The second-order valence-electron chi connectivity index (χ2n) is 8.17. The second-order valence-corrected chi connectivity index (χ2v) is 8.17. The molecule has 1 saturated heterocycles. The van der Waals surface area contributed by atoms with Gasteiger partial charge in [-0.3, -0.25) is 4.79 Å². The van der Waals surface area contributed by atoms with E-state index in [2.05, 4.69) is 24.5 Å². The molecule has 1 aromatic carbocycles. The molecular weight excluding hydrogens is 376 g/mol. The molecule has 1 aliphatic carbocycles. The molecule has 0 bridgehead atoms. The molecule has 1 aromatic rings. The van der Waals surface area contributed by atoms with Gasteiger partial charge in [0.1, 0.15) is 0 Å². The summed E-state index contributed by atoms with van der Waals surface area (Å²) in [6, 6.07) is 6.00. The number of benzene rings is 1. The number of amides is 1. The van der Waals surface area contributed by atoms with E-state index in [1.165, 1.54) is 0 Å². The van der Waals surface area contributed by atoms with Gasteiger partial charge >= 0.3 is 0 Å². The lowest BCUT2D eigenvalue weighted by molar-refractivity contribution is -0.124. The molecule has 28 heavy (non-hydrogen) atoms. The summed E-state index contributed by atoms with van der Waals surface area (Å²) in [5.41, 5.74) is 1.33. The number of carbonyl (C=O) groups is 1. The predicted molar refractivity (Wildman–Crippen MR) is 114 cm³/mol. The summed E-state index contributed by atoms with van der Waals surface area (Å²) in [5.74, 6) is 2.19. The Morgan fingerprint density at radius 1 is 1.18 bits per heavy atom. The first kappa shape index (κ1) is 22.8. The van der Waals surface area contributed by atoms with Gasteiger partial charge < -0.3 is 20.1 Å². The van der Waals surface area contributed by atoms with Gasteiger partial charge in [0.05, 0.1) is 19.3 Å². The van der Waals surface area contributed by atoms with E-state index < -0.39 is 0 Å². The van der Waals surface area contributed by atoms with E-state index in [-0.39, 0.29) is 35.7 Å². The van der Waals surface area contributed by atoms with Gasteiger partial charge in [0, 0.05) is 5.92 Å². The fourth-order valence-corrected chi connectivity index (χ4v) is 4.35. The summed E-state index contributed by atoms with van der Waals surface area (Å²) in [6.07, 6.45) is 3.28. The minimum atomic E-state index is -0.0215. The van der Waals surface area contributed by atoms with Crippen LogP contribution < -0.4 is 20.1 Å². The third-order valence-corrected chi connectivity index (χ3v) is 6.00. The van der Waals surface area contributed by atoms with Crippen LogP contribution in [-0.2, 0) is 4.79 Å². The van der Waals surface area contributed by atoms with Crippen LogP contribution in [0.3, 0.4) is 0 Å². The number of halogens is 1. The molecule has 1 amide bonds. The molecular formula is C22H35ClN2O3. The Kier molecular flexibility index (Phi) is 8.02. The minimum Gasteiger partial charge on any atom is -0.490 e. The Balaban J connectivity index is 0.00000280. The van der Waals surface area contributed by atoms with Crippen molar-refractivity contribution in [3.05, 3.63) is 23.8 Å². The summed E-state index contributed by atoms with van der Waals surface area (Å²) in [4.78, 5) is 13.0. The third-order valence-electron chi connectivity index (χ3n) is 6.00. The van der Waals surface area contributed by atoms with Gasteiger partial charge in [-0.05, 0) is 75.2 Å². The van der Waals surface area contributed by atoms with E-state index in [1.54, 1.807) is 0 Å². The number of piperidine rings is 1. The highest BCUT2D eigenvalue weighted by atomic mass is 35.5. The zero-order valence-corrected chi connectivity index (χ0v) is 18.4. The molecule has 1 heterocycles. The van der Waals surface area contributed by atoms with E-state index in [9.17, 15) is 4.79 Å². The van der Waals surface area contributed by atoms with Crippen molar-refractivity contribution in [2.45, 2.75) is 53.0 Å². The van der Waals surface area contributed by atoms with Gasteiger partial charge in [0.2, 0.25) is 5.91 Å². The fraction of sp³-hybridized carbons (Fsp3) is 0.682. The van der Waals surface area contributed by atoms with Gasteiger partial charge in [0.25, 0.3) is 0 Å². The van der Waals surface area contributed by atoms with Crippen LogP contribution in [0.1, 0.15) is 58.6 Å². The van der Waals surface area contributed by atoms with Crippen LogP contribution in [0.4, 0.5) is 0 Å². The van der Waals surface area contributed by atoms with Gasteiger partial charge in [-0.1, -0.05) is 19.9 Å². The molecule has 2 fully saturated rings. The first-order chi connectivity index (χ1) is 13.0. The molecule has 2 N–H and O–H groups in total. The van der Waals surface area contributed by atoms with Crippen molar-refractivity contribution in [3.63, 3.8) is 0 Å². The van der Waals surface area contributed by atoms with E-state index >= 15 is 0 Å². The fourth-order valence-electron chi connectivity index (χ4n) is 4.35. The lowest BCUT2D eigenvalue weighted by atomic mass is 9.91. The zero-order chi connectivity index (χ0) is 19.4. The average Bonchev–Trinajstić information content (AvgIpc) is 3.34. The largest absolute Gasteiger partial charge is 0.490 e. The van der Waals surface area contributed by atoms with Crippen LogP contribution in [0.15, 0.2) is 18.2 Å². The molecule has 2 atom stereocenters. The number of rotatable bonds is 8. The standard InChI is InChI=1S/C22H34N2O3.ClH/c1-5-26-18-8-7-16(13-19(18)27-6-2)20(15(3)4)24-21(25)17-14-22(17)9-11-23-12-10-22;/h7-8,13,15,17,20,23H,5-6,9-12,14H2,1-4H3,(H,24,25);1H. The van der Waals surface area contributed by atoms with E-state index in [0.29, 0.717) is 19.1 Å². The van der Waals surface area contributed by atoms with E-state index in [1.807, 2.05) is 32.0 Å². The Morgan fingerprint density at radius 3 is 2.43 bits per heavy atom. The lowest BCUT2D eigenvalue weighted by Gasteiger charge is -2.26. The molecule has 5 nitrogen and oxygen atoms in total. The minimum absolute atomic E-state index is 0. The van der Waals surface area contributed by atoms with Crippen molar-refractivity contribution in [1.82, 2.24) is 10.6 Å². The van der Waals surface area contributed by atoms with Crippen molar-refractivity contribution >= 4 is 18.3 Å². The van der Waals surface area contributed by atoms with Gasteiger partial charge in [-0.25, -0.2) is 0 Å². The van der Waals surface area contributed by atoms with Crippen molar-refractivity contribution in [2.75, 3.05) is 26.3 Å². The van der Waals surface area contributed by atoms with Crippen LogP contribution in [0.2, 0.25) is 0 Å². The smallest absolute Gasteiger partial charge is 0.224 e. The summed E-state index contributed by atoms with van der Waals surface area (Å²) in [6.45, 7) is 11.5. The maximum atomic E-state index is 13.0. The maximum absolute atomic E-state index is 13.0. The number of carbonyl (C=O) groups excluding carboxylic acids is 1. The molecule has 1 saturated carbocycles. The van der Waals surface area contributed by atoms with Crippen LogP contribution in [0.5, 0.6) is 11.5 Å². The summed E-state index contributed by atoms with van der Waals surface area (Å²) >= 11 is 0. The third kappa shape index (κ3) is 4.93. The first-order valence-corrected chi connectivity index (χ1v) is 10.4. The highest BCUT2D eigenvalue weighted by Gasteiger charge is 2.57. The van der Waals surface area contributed by atoms with Crippen molar-refractivity contribution in [3.8, 4) is 11.5 Å². The molecule has 1 aliphatic heterocycles. The summed E-state index contributed by atoms with van der Waals surface area (Å²) in [5, 5.41) is 6.73. The lowest BCUT2D eigenvalue weighted by Crippen LogP contribution is -2.36. The monoisotopic (exact) mass is 410 g/mol. The molecule has 1 spiro atoms. The van der Waals surface area contributed by atoms with Crippen molar-refractivity contribution < 1.29 is 14.3 Å². The number of ether oxygens (including phenoxy) is 2. The van der Waals surface area contributed by atoms with Gasteiger partial charge in [-0.2, -0.15) is 0 Å². The Labute approximate surface area is 175 Å². The summed E-state index contributed by atoms with van der Waals surface area (Å²) < 4.78 is 11.4. The van der Waals surface area contributed by atoms with Crippen LogP contribution in [0, 0.1) is 17.3 Å². The Hall–Kier alpha value is -1.46. The molecule has 0 radical (unpaired) electrons. The molecule has 3 rings (SSSR count). The molecule has 0 aromatic heterocycles. The SMILES string of the molecule is CCOc1ccc(C(NC(=O)C2CC23CCNCC3)C(C)C)cc1OCC.Cl. The average molecular weight is 411 g/mol. The molecule has 6 heteroatoms. The second kappa shape index (κ2) is 9.84. The molecule has 2 unspecified atom stereocenters. The topological polar surface area (TPSA) is 59.6 Å².